The molecule has 0 aromatic carbocycles. The Kier molecular flexibility index (Phi) is 4.00. The summed E-state index contributed by atoms with van der Waals surface area (Å²) >= 11 is 0. The van der Waals surface area contributed by atoms with Crippen LogP contribution in [0.1, 0.15) is 6.92 Å². The summed E-state index contributed by atoms with van der Waals surface area (Å²) < 4.78 is 4.86. The fourth-order valence-corrected chi connectivity index (χ4v) is 0.507. The molecule has 11 heavy (non-hydrogen) atoms. The summed E-state index contributed by atoms with van der Waals surface area (Å²) in [7, 11) is 1.26. The second-order valence-electron chi connectivity index (χ2n) is 1.79. The van der Waals surface area contributed by atoms with Crippen LogP contribution in [0.25, 0.3) is 0 Å². The van der Waals surface area contributed by atoms with Crippen LogP contribution in [-0.2, 0) is 4.74 Å². The summed E-state index contributed by atoms with van der Waals surface area (Å²) in [6, 6.07) is 0. The average Bonchev–Trinajstić information content (AvgIpc) is 1.98. The molecule has 0 saturated heterocycles. The number of nitrogens with zero attached hydrogens (tertiary/aromatic N) is 2. The lowest BCUT2D eigenvalue weighted by Crippen LogP contribution is -2.37. The summed E-state index contributed by atoms with van der Waals surface area (Å²) in [5, 5.41) is 10.3. The van der Waals surface area contributed by atoms with Crippen LogP contribution >= 0.6 is 0 Å². The Morgan fingerprint density at radius 3 is 2.73 bits per heavy atom. The van der Waals surface area contributed by atoms with Gasteiger partial charge in [-0.25, -0.2) is 10.1 Å². The van der Waals surface area contributed by atoms with E-state index in [0.29, 0.717) is 6.61 Å². The zero-order valence-corrected chi connectivity index (χ0v) is 6.48. The predicted octanol–water partition coefficient (Wildman–Crippen LogP) is 0.106. The van der Waals surface area contributed by atoms with Gasteiger partial charge in [0.25, 0.3) is 0 Å². The molecule has 0 rings (SSSR count). The molecule has 0 heterocycles. The molecule has 0 aliphatic carbocycles. The van der Waals surface area contributed by atoms with Crippen LogP contribution in [0.15, 0.2) is 0 Å². The van der Waals surface area contributed by atoms with Crippen molar-refractivity contribution in [3.05, 3.63) is 10.1 Å². The van der Waals surface area contributed by atoms with Gasteiger partial charge in [0.1, 0.15) is 0 Å². The molecule has 0 amide bonds. The molecule has 0 radical (unpaired) electrons. The summed E-state index contributed by atoms with van der Waals surface area (Å²) in [6.07, 6.45) is 4.10. The van der Waals surface area contributed by atoms with Crippen LogP contribution in [0.4, 0.5) is 0 Å². The Morgan fingerprint density at radius 2 is 2.45 bits per heavy atom. The first-order valence-corrected chi connectivity index (χ1v) is 3.08. The number of ether oxygens (including phenoxy) is 1. The molecule has 1 atom stereocenters. The zero-order chi connectivity index (χ0) is 8.85. The van der Waals surface area contributed by atoms with E-state index in [-0.39, 0.29) is 0 Å². The normalized spacial score (nSPS) is 11.7. The average molecular weight is 158 g/mol. The minimum Gasteiger partial charge on any atom is -0.343 e. The molecule has 0 fully saturated rings. The van der Waals surface area contributed by atoms with E-state index < -0.39 is 11.3 Å². The predicted molar refractivity (Wildman–Crippen MR) is 39.0 cm³/mol. The molecule has 0 aromatic heterocycles. The molecular formula is C6H10N2O3. The van der Waals surface area contributed by atoms with Crippen LogP contribution in [0.2, 0.25) is 0 Å². The van der Waals surface area contributed by atoms with E-state index in [0.717, 1.165) is 5.01 Å². The van der Waals surface area contributed by atoms with Gasteiger partial charge < -0.3 is 4.74 Å². The minimum atomic E-state index is -0.880. The van der Waals surface area contributed by atoms with Gasteiger partial charge in [-0.1, -0.05) is 5.01 Å². The molecule has 5 heteroatoms. The summed E-state index contributed by atoms with van der Waals surface area (Å²) in [5.74, 6) is 2.15. The maximum absolute atomic E-state index is 10.1. The zero-order valence-electron chi connectivity index (χ0n) is 6.48. The Hall–Kier alpha value is -1.28. The van der Waals surface area contributed by atoms with Gasteiger partial charge >= 0.3 is 0 Å². The fraction of sp³-hybridized carbons (Fsp3) is 0.667. The van der Waals surface area contributed by atoms with E-state index in [2.05, 4.69) is 5.92 Å². The van der Waals surface area contributed by atoms with E-state index >= 15 is 0 Å². The Labute approximate surface area is 65.1 Å². The number of hydrogen-bond donors (Lipinski definition) is 0. The highest BCUT2D eigenvalue weighted by molar-refractivity contribution is 4.91. The van der Waals surface area contributed by atoms with E-state index in [9.17, 15) is 10.1 Å². The summed E-state index contributed by atoms with van der Waals surface area (Å²) in [5.41, 5.74) is 0. The first kappa shape index (κ1) is 9.72. The first-order valence-electron chi connectivity index (χ1n) is 3.08. The summed E-state index contributed by atoms with van der Waals surface area (Å²) in [6.45, 7) is 2.07. The highest BCUT2D eigenvalue weighted by Gasteiger charge is 2.18. The summed E-state index contributed by atoms with van der Waals surface area (Å²) in [4.78, 5) is 10.1. The van der Waals surface area contributed by atoms with Crippen molar-refractivity contribution in [3.8, 4) is 12.3 Å². The molecule has 0 aliphatic rings. The SMILES string of the molecule is C#CC(OCC)N(C)[N+](=O)[O-]. The lowest BCUT2D eigenvalue weighted by atomic mass is 10.6. The Bertz CT molecular complexity index is 175. The number of hydrazine groups is 1. The third-order valence-corrected chi connectivity index (χ3v) is 1.06. The van der Waals surface area contributed by atoms with E-state index in [4.69, 9.17) is 11.2 Å². The van der Waals surface area contributed by atoms with Crippen molar-refractivity contribution in [2.45, 2.75) is 13.2 Å². The van der Waals surface area contributed by atoms with Crippen LogP contribution in [0.5, 0.6) is 0 Å². The van der Waals surface area contributed by atoms with Crippen LogP contribution < -0.4 is 0 Å². The van der Waals surface area contributed by atoms with Gasteiger partial charge in [0.05, 0.1) is 7.05 Å². The number of hydrogen-bond acceptors (Lipinski definition) is 3. The first-order chi connectivity index (χ1) is 5.13. The Balaban J connectivity index is 4.05. The van der Waals surface area contributed by atoms with E-state index in [1.54, 1.807) is 6.92 Å². The van der Waals surface area contributed by atoms with Crippen molar-refractivity contribution in [1.82, 2.24) is 5.01 Å². The van der Waals surface area contributed by atoms with Gasteiger partial charge in [0.15, 0.2) is 5.03 Å². The van der Waals surface area contributed by atoms with Crippen molar-refractivity contribution in [2.75, 3.05) is 13.7 Å². The molecule has 0 aliphatic heterocycles. The maximum Gasteiger partial charge on any atom is 0.249 e. The highest BCUT2D eigenvalue weighted by Crippen LogP contribution is 1.96. The van der Waals surface area contributed by atoms with Gasteiger partial charge in [-0.3, -0.25) is 0 Å². The molecule has 5 nitrogen and oxygen atoms in total. The molecule has 0 spiro atoms. The third kappa shape index (κ3) is 2.87. The largest absolute Gasteiger partial charge is 0.343 e. The number of rotatable bonds is 4. The van der Waals surface area contributed by atoms with Gasteiger partial charge in [0.2, 0.25) is 6.23 Å². The Morgan fingerprint density at radius 1 is 1.91 bits per heavy atom. The molecule has 0 N–H and O–H groups in total. The highest BCUT2D eigenvalue weighted by atomic mass is 16.7. The lowest BCUT2D eigenvalue weighted by molar-refractivity contribution is -0.664. The van der Waals surface area contributed by atoms with Gasteiger partial charge in [-0.05, 0) is 12.8 Å². The van der Waals surface area contributed by atoms with Crippen molar-refractivity contribution in [1.29, 1.82) is 0 Å². The van der Waals surface area contributed by atoms with E-state index in [1.807, 2.05) is 0 Å². The van der Waals surface area contributed by atoms with Gasteiger partial charge in [-0.2, -0.15) is 0 Å². The second-order valence-corrected chi connectivity index (χ2v) is 1.79. The smallest absolute Gasteiger partial charge is 0.249 e. The molecule has 1 unspecified atom stereocenters. The minimum absolute atomic E-state index is 0.354. The van der Waals surface area contributed by atoms with Gasteiger partial charge in [-0.15, -0.1) is 6.42 Å². The molecular weight excluding hydrogens is 148 g/mol. The molecule has 62 valence electrons. The quantitative estimate of drug-likeness (QED) is 0.252. The lowest BCUT2D eigenvalue weighted by Gasteiger charge is -2.14. The molecule has 0 aromatic rings. The standard InChI is InChI=1S/C6H10N2O3/c1-4-6(11-5-2)7(3)8(9)10/h1,6H,5H2,2-3H3. The van der Waals surface area contributed by atoms with Gasteiger partial charge in [0, 0.05) is 6.61 Å². The molecule has 0 saturated carbocycles. The van der Waals surface area contributed by atoms with Crippen molar-refractivity contribution in [2.24, 2.45) is 0 Å². The molecule has 0 bridgehead atoms. The van der Waals surface area contributed by atoms with Crippen LogP contribution in [0.3, 0.4) is 0 Å². The van der Waals surface area contributed by atoms with Crippen LogP contribution in [-0.4, -0.2) is 29.9 Å². The van der Waals surface area contributed by atoms with Crippen molar-refractivity contribution in [3.63, 3.8) is 0 Å². The van der Waals surface area contributed by atoms with E-state index in [1.165, 1.54) is 7.05 Å². The monoisotopic (exact) mass is 158 g/mol. The second kappa shape index (κ2) is 4.52. The van der Waals surface area contributed by atoms with Crippen LogP contribution in [0, 0.1) is 22.5 Å². The number of nitro groups is 1. The third-order valence-electron chi connectivity index (χ3n) is 1.06. The fourth-order valence-electron chi connectivity index (χ4n) is 0.507. The number of terminal acetylenes is 1. The van der Waals surface area contributed by atoms with Crippen molar-refractivity contribution >= 4 is 0 Å². The topological polar surface area (TPSA) is 55.6 Å². The van der Waals surface area contributed by atoms with Crippen molar-refractivity contribution < 1.29 is 9.77 Å². The maximum atomic E-state index is 10.1.